The molecular weight excluding hydrogens is 682 g/mol. The van der Waals surface area contributed by atoms with Crippen molar-refractivity contribution in [2.75, 3.05) is 171 Å². The maximum absolute atomic E-state index is 11.6. The van der Waals surface area contributed by atoms with Crippen LogP contribution in [0.4, 0.5) is 4.79 Å². The number of amides is 1. The Morgan fingerprint density at radius 1 is 0.420 bits per heavy atom. The minimum atomic E-state index is -0.471. The SMILES string of the molecule is O=C(NCCOCCOCCOCCOCCOCCOCCOCCOCCOCCOCCOCCOCCCl)OCc1ccccc1. The number of alkyl halides is 1. The number of hydrogen-bond acceptors (Lipinski definition) is 14. The van der Waals surface area contributed by atoms with E-state index >= 15 is 0 Å². The van der Waals surface area contributed by atoms with Crippen LogP contribution in [0.1, 0.15) is 5.56 Å². The molecule has 0 saturated heterocycles. The van der Waals surface area contributed by atoms with E-state index in [1.807, 2.05) is 30.3 Å². The van der Waals surface area contributed by atoms with Gasteiger partial charge >= 0.3 is 6.09 Å². The van der Waals surface area contributed by atoms with Crippen molar-refractivity contribution in [1.29, 1.82) is 0 Å². The van der Waals surface area contributed by atoms with Gasteiger partial charge in [-0.1, -0.05) is 30.3 Å². The van der Waals surface area contributed by atoms with Crippen molar-refractivity contribution in [1.82, 2.24) is 5.32 Å². The highest BCUT2D eigenvalue weighted by molar-refractivity contribution is 6.17. The second-order valence-corrected chi connectivity index (χ2v) is 10.4. The molecule has 0 spiro atoms. The van der Waals surface area contributed by atoms with Crippen LogP contribution >= 0.6 is 11.6 Å². The second-order valence-electron chi connectivity index (χ2n) is 10.0. The molecule has 0 atom stereocenters. The lowest BCUT2D eigenvalue weighted by Gasteiger charge is -2.09. The van der Waals surface area contributed by atoms with Crippen molar-refractivity contribution >= 4 is 17.7 Å². The summed E-state index contributed by atoms with van der Waals surface area (Å²) >= 11 is 5.51. The summed E-state index contributed by atoms with van der Waals surface area (Å²) in [5.41, 5.74) is 0.936. The number of carbonyl (C=O) groups is 1. The quantitative estimate of drug-likeness (QED) is 0.0775. The van der Waals surface area contributed by atoms with Crippen LogP contribution in [0.15, 0.2) is 30.3 Å². The van der Waals surface area contributed by atoms with Gasteiger partial charge in [0.1, 0.15) is 6.61 Å². The fourth-order valence-electron chi connectivity index (χ4n) is 3.58. The van der Waals surface area contributed by atoms with Crippen LogP contribution in [0.2, 0.25) is 0 Å². The number of ether oxygens (including phenoxy) is 13. The van der Waals surface area contributed by atoms with Gasteiger partial charge < -0.3 is 66.9 Å². The Morgan fingerprint density at radius 3 is 1.00 bits per heavy atom. The molecule has 1 amide bonds. The number of carbonyl (C=O) groups excluding carboxylic acids is 1. The minimum Gasteiger partial charge on any atom is -0.445 e. The van der Waals surface area contributed by atoms with E-state index in [2.05, 4.69) is 5.32 Å². The molecule has 1 aromatic carbocycles. The highest BCUT2D eigenvalue weighted by atomic mass is 35.5. The van der Waals surface area contributed by atoms with Crippen molar-refractivity contribution in [3.8, 4) is 0 Å². The molecule has 0 heterocycles. The summed E-state index contributed by atoms with van der Waals surface area (Å²) in [7, 11) is 0. The molecular formula is C34H60ClNO14. The van der Waals surface area contributed by atoms with Gasteiger partial charge in [0.05, 0.1) is 159 Å². The molecule has 1 N–H and O–H groups in total. The van der Waals surface area contributed by atoms with Gasteiger partial charge in [-0.15, -0.1) is 11.6 Å². The lowest BCUT2D eigenvalue weighted by Crippen LogP contribution is -2.28. The van der Waals surface area contributed by atoms with Crippen LogP contribution in [0.3, 0.4) is 0 Å². The maximum Gasteiger partial charge on any atom is 0.407 e. The smallest absolute Gasteiger partial charge is 0.407 e. The number of benzene rings is 1. The summed E-state index contributed by atoms with van der Waals surface area (Å²) in [6.45, 7) is 12.4. The molecule has 1 rings (SSSR count). The van der Waals surface area contributed by atoms with E-state index in [-0.39, 0.29) is 6.61 Å². The minimum absolute atomic E-state index is 0.236. The molecule has 16 heteroatoms. The van der Waals surface area contributed by atoms with Crippen LogP contribution < -0.4 is 5.32 Å². The Balaban J connectivity index is 1.63. The van der Waals surface area contributed by atoms with Crippen LogP contribution in [-0.2, 0) is 68.2 Å². The van der Waals surface area contributed by atoms with Gasteiger partial charge in [-0.3, -0.25) is 0 Å². The number of nitrogens with one attached hydrogen (secondary N) is 1. The number of halogens is 1. The third-order valence-corrected chi connectivity index (χ3v) is 6.20. The standard InChI is InChI=1S/C34H60ClNO14/c35-6-8-38-10-12-40-14-16-42-18-20-44-22-24-46-26-28-48-30-31-49-29-27-47-25-23-45-21-19-43-17-15-41-13-11-39-9-7-36-34(37)50-32-33-4-2-1-3-5-33/h1-5H,6-32H2,(H,36,37). The van der Waals surface area contributed by atoms with E-state index in [1.54, 1.807) is 0 Å². The first-order valence-electron chi connectivity index (χ1n) is 17.3. The van der Waals surface area contributed by atoms with Crippen LogP contribution in [0.25, 0.3) is 0 Å². The van der Waals surface area contributed by atoms with E-state index in [9.17, 15) is 4.79 Å². The largest absolute Gasteiger partial charge is 0.445 e. The first-order chi connectivity index (χ1) is 24.8. The zero-order valence-corrected chi connectivity index (χ0v) is 30.3. The Hall–Kier alpha value is -1.70. The first-order valence-corrected chi connectivity index (χ1v) is 17.8. The van der Waals surface area contributed by atoms with Gasteiger partial charge in [-0.25, -0.2) is 4.79 Å². The molecule has 0 bridgehead atoms. The van der Waals surface area contributed by atoms with Gasteiger partial charge in [0, 0.05) is 12.4 Å². The predicted octanol–water partition coefficient (Wildman–Crippen LogP) is 2.35. The fraction of sp³-hybridized carbons (Fsp3) is 0.794. The van der Waals surface area contributed by atoms with E-state index in [1.165, 1.54) is 0 Å². The van der Waals surface area contributed by atoms with Gasteiger partial charge in [-0.05, 0) is 5.56 Å². The summed E-state index contributed by atoms with van der Waals surface area (Å²) in [4.78, 5) is 11.6. The molecule has 0 saturated carbocycles. The van der Waals surface area contributed by atoms with Crippen molar-refractivity contribution in [2.24, 2.45) is 0 Å². The normalized spacial score (nSPS) is 11.3. The first kappa shape index (κ1) is 46.3. The van der Waals surface area contributed by atoms with Crippen molar-refractivity contribution in [2.45, 2.75) is 6.61 Å². The van der Waals surface area contributed by atoms with Crippen molar-refractivity contribution < 1.29 is 66.4 Å². The third-order valence-electron chi connectivity index (χ3n) is 6.04. The van der Waals surface area contributed by atoms with Crippen LogP contribution in [0.5, 0.6) is 0 Å². The van der Waals surface area contributed by atoms with Gasteiger partial charge in [-0.2, -0.15) is 0 Å². The Morgan fingerprint density at radius 2 is 0.700 bits per heavy atom. The molecule has 15 nitrogen and oxygen atoms in total. The Kier molecular flexibility index (Phi) is 37.1. The molecule has 50 heavy (non-hydrogen) atoms. The zero-order valence-electron chi connectivity index (χ0n) is 29.6. The van der Waals surface area contributed by atoms with Crippen molar-refractivity contribution in [3.05, 3.63) is 35.9 Å². The van der Waals surface area contributed by atoms with Gasteiger partial charge in [0.25, 0.3) is 0 Å². The Bertz CT molecular complexity index is 817. The lowest BCUT2D eigenvalue weighted by atomic mass is 10.2. The van der Waals surface area contributed by atoms with E-state index in [0.29, 0.717) is 171 Å². The van der Waals surface area contributed by atoms with Gasteiger partial charge in [0.2, 0.25) is 0 Å². The van der Waals surface area contributed by atoms with Crippen LogP contribution in [-0.4, -0.2) is 177 Å². The molecule has 0 aromatic heterocycles. The number of alkyl carbamates (subject to hydrolysis) is 1. The van der Waals surface area contributed by atoms with Crippen LogP contribution in [0, 0.1) is 0 Å². The number of rotatable bonds is 40. The summed E-state index contributed by atoms with van der Waals surface area (Å²) < 4.78 is 70.3. The highest BCUT2D eigenvalue weighted by Crippen LogP contribution is 2.00. The average Bonchev–Trinajstić information content (AvgIpc) is 3.14. The lowest BCUT2D eigenvalue weighted by molar-refractivity contribution is -0.0282. The van der Waals surface area contributed by atoms with E-state index < -0.39 is 6.09 Å². The molecule has 0 aliphatic carbocycles. The second kappa shape index (κ2) is 40.1. The molecule has 292 valence electrons. The molecule has 0 unspecified atom stereocenters. The Labute approximate surface area is 302 Å². The maximum atomic E-state index is 11.6. The predicted molar refractivity (Wildman–Crippen MR) is 185 cm³/mol. The fourth-order valence-corrected chi connectivity index (χ4v) is 3.68. The highest BCUT2D eigenvalue weighted by Gasteiger charge is 2.02. The topological polar surface area (TPSA) is 149 Å². The zero-order chi connectivity index (χ0) is 35.7. The third kappa shape index (κ3) is 36.1. The summed E-state index contributed by atoms with van der Waals surface area (Å²) in [6, 6.07) is 9.50. The average molecular weight is 742 g/mol. The monoisotopic (exact) mass is 741 g/mol. The molecule has 0 aliphatic heterocycles. The number of hydrogen-bond donors (Lipinski definition) is 1. The summed E-state index contributed by atoms with van der Waals surface area (Å²) in [6.07, 6.45) is -0.471. The molecule has 0 radical (unpaired) electrons. The van der Waals surface area contributed by atoms with Gasteiger partial charge in [0.15, 0.2) is 0 Å². The molecule has 1 aromatic rings. The van der Waals surface area contributed by atoms with E-state index in [0.717, 1.165) is 5.56 Å². The molecule has 0 fully saturated rings. The van der Waals surface area contributed by atoms with Crippen molar-refractivity contribution in [3.63, 3.8) is 0 Å². The molecule has 0 aliphatic rings. The van der Waals surface area contributed by atoms with E-state index in [4.69, 9.17) is 73.2 Å². The summed E-state index contributed by atoms with van der Waals surface area (Å²) in [5.74, 6) is 0.493. The summed E-state index contributed by atoms with van der Waals surface area (Å²) in [5, 5.41) is 2.64.